The third kappa shape index (κ3) is 3.03. The van der Waals surface area contributed by atoms with E-state index < -0.39 is 11.8 Å². The van der Waals surface area contributed by atoms with Crippen LogP contribution in [0.3, 0.4) is 0 Å². The number of aryl methyl sites for hydroxylation is 2. The van der Waals surface area contributed by atoms with Crippen molar-refractivity contribution in [3.8, 4) is 0 Å². The lowest BCUT2D eigenvalue weighted by molar-refractivity contribution is 0.170. The van der Waals surface area contributed by atoms with Crippen LogP contribution in [0.5, 0.6) is 0 Å². The van der Waals surface area contributed by atoms with Crippen molar-refractivity contribution in [3.63, 3.8) is 0 Å². The van der Waals surface area contributed by atoms with E-state index >= 15 is 0 Å². The van der Waals surface area contributed by atoms with E-state index in [0.717, 1.165) is 4.73 Å². The van der Waals surface area contributed by atoms with Crippen LogP contribution < -0.4 is 10.7 Å². The second kappa shape index (κ2) is 5.56. The molecule has 2 aromatic rings. The van der Waals surface area contributed by atoms with Crippen molar-refractivity contribution in [3.05, 3.63) is 59.0 Å². The number of carbonyl (C=O) groups is 1. The largest absolute Gasteiger partial charge is 0.428 e. The Kier molecular flexibility index (Phi) is 3.84. The molecule has 6 heteroatoms. The Balaban J connectivity index is 2.27. The van der Waals surface area contributed by atoms with Crippen LogP contribution in [-0.4, -0.2) is 16.0 Å². The van der Waals surface area contributed by atoms with Crippen molar-refractivity contribution in [1.82, 2.24) is 4.73 Å². The summed E-state index contributed by atoms with van der Waals surface area (Å²) in [6.07, 6.45) is 0. The van der Waals surface area contributed by atoms with Gasteiger partial charge in [-0.05, 0) is 38.1 Å². The Morgan fingerprint density at radius 3 is 2.45 bits per heavy atom. The fourth-order valence-electron chi connectivity index (χ4n) is 1.76. The molecule has 0 bridgehead atoms. The Bertz CT molecular complexity index is 696. The molecule has 0 saturated heterocycles. The fourth-order valence-corrected chi connectivity index (χ4v) is 1.76. The molecule has 2 amide bonds. The molecule has 1 aromatic carbocycles. The third-order valence-electron chi connectivity index (χ3n) is 2.73. The van der Waals surface area contributed by atoms with Crippen LogP contribution in [0.25, 0.3) is 0 Å². The van der Waals surface area contributed by atoms with Gasteiger partial charge in [0.25, 0.3) is 0 Å². The molecule has 5 nitrogen and oxygen atoms in total. The van der Waals surface area contributed by atoms with Crippen LogP contribution in [0, 0.1) is 19.7 Å². The van der Waals surface area contributed by atoms with Crippen molar-refractivity contribution in [2.45, 2.75) is 13.8 Å². The molecular weight excluding hydrogens is 261 g/mol. The molecule has 1 aromatic heterocycles. The number of rotatable bonds is 1. The van der Waals surface area contributed by atoms with Gasteiger partial charge in [-0.25, -0.2) is 9.18 Å². The van der Waals surface area contributed by atoms with Crippen LogP contribution >= 0.6 is 0 Å². The standard InChI is InChI=1S/C14H14FN3O2/c1-9-7-11(8-10(2)18(9)20)16-14(19)17-13-6-4-3-5-12(13)15/h3-8,20H,1-2H3,(H,17,19). The highest BCUT2D eigenvalue weighted by molar-refractivity contribution is 5.90. The molecule has 0 saturated carbocycles. The summed E-state index contributed by atoms with van der Waals surface area (Å²) in [4.78, 5) is 15.5. The number of halogens is 1. The summed E-state index contributed by atoms with van der Waals surface area (Å²) in [6, 6.07) is 8.27. The molecule has 0 spiro atoms. The number of benzene rings is 1. The average molecular weight is 275 g/mol. The summed E-state index contributed by atoms with van der Waals surface area (Å²) >= 11 is 0. The maximum Gasteiger partial charge on any atom is 0.346 e. The van der Waals surface area contributed by atoms with Crippen LogP contribution in [0.15, 0.2) is 41.4 Å². The molecule has 0 fully saturated rings. The van der Waals surface area contributed by atoms with Gasteiger partial charge >= 0.3 is 6.03 Å². The molecule has 0 aliphatic rings. The fraction of sp³-hybridized carbons (Fsp3) is 0.143. The average Bonchev–Trinajstić information content (AvgIpc) is 2.38. The SMILES string of the molecule is Cc1cc(=NC(=O)Nc2ccccc2F)cc(C)n1O. The predicted molar refractivity (Wildman–Crippen MR) is 72.1 cm³/mol. The number of para-hydroxylation sites is 1. The number of aromatic nitrogens is 1. The zero-order valence-corrected chi connectivity index (χ0v) is 11.1. The van der Waals surface area contributed by atoms with Gasteiger partial charge in [0.05, 0.1) is 22.4 Å². The number of urea groups is 1. The van der Waals surface area contributed by atoms with E-state index in [1.54, 1.807) is 32.0 Å². The first-order valence-corrected chi connectivity index (χ1v) is 5.97. The van der Waals surface area contributed by atoms with Gasteiger partial charge in [0.1, 0.15) is 5.82 Å². The quantitative estimate of drug-likeness (QED) is 0.786. The summed E-state index contributed by atoms with van der Waals surface area (Å²) < 4.78 is 14.4. The molecule has 0 unspecified atom stereocenters. The maximum absolute atomic E-state index is 13.4. The van der Waals surface area contributed by atoms with Gasteiger partial charge in [0.15, 0.2) is 0 Å². The van der Waals surface area contributed by atoms with E-state index in [2.05, 4.69) is 10.3 Å². The molecule has 2 N–H and O–H groups in total. The molecule has 1 heterocycles. The number of nitrogens with zero attached hydrogens (tertiary/aromatic N) is 2. The predicted octanol–water partition coefficient (Wildman–Crippen LogP) is 2.61. The van der Waals surface area contributed by atoms with Crippen molar-refractivity contribution in [2.24, 2.45) is 4.99 Å². The number of hydrogen-bond acceptors (Lipinski definition) is 2. The lowest BCUT2D eigenvalue weighted by Gasteiger charge is -2.06. The van der Waals surface area contributed by atoms with Crippen molar-refractivity contribution < 1.29 is 14.4 Å². The molecule has 104 valence electrons. The molecular formula is C14H14FN3O2. The van der Waals surface area contributed by atoms with Crippen LogP contribution in [0.1, 0.15) is 11.4 Å². The van der Waals surface area contributed by atoms with Gasteiger partial charge in [-0.1, -0.05) is 12.1 Å². The van der Waals surface area contributed by atoms with E-state index in [4.69, 9.17) is 0 Å². The van der Waals surface area contributed by atoms with Gasteiger partial charge < -0.3 is 10.5 Å². The van der Waals surface area contributed by atoms with E-state index in [9.17, 15) is 14.4 Å². The van der Waals surface area contributed by atoms with Gasteiger partial charge in [-0.15, -0.1) is 0 Å². The highest BCUT2D eigenvalue weighted by atomic mass is 19.1. The molecule has 0 atom stereocenters. The van der Waals surface area contributed by atoms with Crippen LogP contribution in [-0.2, 0) is 0 Å². The number of anilines is 1. The normalized spacial score (nSPS) is 10.2. The molecule has 20 heavy (non-hydrogen) atoms. The second-order valence-corrected chi connectivity index (χ2v) is 4.33. The van der Waals surface area contributed by atoms with Gasteiger partial charge in [-0.3, -0.25) is 0 Å². The summed E-state index contributed by atoms with van der Waals surface area (Å²) in [7, 11) is 0. The Hall–Kier alpha value is -2.63. The minimum absolute atomic E-state index is 0.0721. The first kappa shape index (κ1) is 13.8. The van der Waals surface area contributed by atoms with Crippen molar-refractivity contribution in [1.29, 1.82) is 0 Å². The third-order valence-corrected chi connectivity index (χ3v) is 2.73. The zero-order valence-electron chi connectivity index (χ0n) is 11.1. The summed E-state index contributed by atoms with van der Waals surface area (Å²) in [6.45, 7) is 3.36. The summed E-state index contributed by atoms with van der Waals surface area (Å²) in [5.41, 5.74) is 1.16. The highest BCUT2D eigenvalue weighted by Crippen LogP contribution is 2.12. The second-order valence-electron chi connectivity index (χ2n) is 4.33. The Labute approximate surface area is 115 Å². The Morgan fingerprint density at radius 1 is 1.25 bits per heavy atom. The van der Waals surface area contributed by atoms with Gasteiger partial charge in [-0.2, -0.15) is 9.72 Å². The highest BCUT2D eigenvalue weighted by Gasteiger charge is 2.05. The summed E-state index contributed by atoms with van der Waals surface area (Å²) in [5, 5.41) is 12.3. The number of amides is 2. The smallest absolute Gasteiger partial charge is 0.346 e. The van der Waals surface area contributed by atoms with Crippen molar-refractivity contribution in [2.75, 3.05) is 5.32 Å². The monoisotopic (exact) mass is 275 g/mol. The number of nitrogens with one attached hydrogen (secondary N) is 1. The minimum atomic E-state index is -0.676. The molecule has 0 aliphatic heterocycles. The van der Waals surface area contributed by atoms with Gasteiger partial charge in [0, 0.05) is 0 Å². The number of hydrogen-bond donors (Lipinski definition) is 2. The molecule has 0 aliphatic carbocycles. The van der Waals surface area contributed by atoms with Crippen molar-refractivity contribution >= 4 is 11.7 Å². The van der Waals surface area contributed by atoms with E-state index in [1.807, 2.05) is 0 Å². The van der Waals surface area contributed by atoms with E-state index in [1.165, 1.54) is 18.2 Å². The van der Waals surface area contributed by atoms with Gasteiger partial charge in [0.2, 0.25) is 0 Å². The number of pyridine rings is 1. The Morgan fingerprint density at radius 2 is 1.85 bits per heavy atom. The lowest BCUT2D eigenvalue weighted by atomic mass is 10.3. The molecule has 0 radical (unpaired) electrons. The van der Waals surface area contributed by atoms with E-state index in [0.29, 0.717) is 16.7 Å². The summed E-state index contributed by atoms with van der Waals surface area (Å²) in [5.74, 6) is -0.523. The first-order valence-electron chi connectivity index (χ1n) is 5.97. The minimum Gasteiger partial charge on any atom is -0.428 e. The lowest BCUT2D eigenvalue weighted by Crippen LogP contribution is -2.16. The number of carbonyl (C=O) groups excluding carboxylic acids is 1. The van der Waals surface area contributed by atoms with Crippen LogP contribution in [0.4, 0.5) is 14.9 Å². The zero-order chi connectivity index (χ0) is 14.7. The molecule has 2 rings (SSSR count). The maximum atomic E-state index is 13.4. The van der Waals surface area contributed by atoms with Crippen LogP contribution in [0.2, 0.25) is 0 Å². The van der Waals surface area contributed by atoms with E-state index in [-0.39, 0.29) is 5.69 Å². The topological polar surface area (TPSA) is 66.6 Å². The first-order chi connectivity index (χ1) is 9.47.